The monoisotopic (exact) mass is 263 g/mol. The maximum absolute atomic E-state index is 9.04. The summed E-state index contributed by atoms with van der Waals surface area (Å²) in [5.41, 5.74) is 6.39. The summed E-state index contributed by atoms with van der Waals surface area (Å²) in [7, 11) is 0. The van der Waals surface area contributed by atoms with Gasteiger partial charge in [0.15, 0.2) is 0 Å². The van der Waals surface area contributed by atoms with E-state index in [2.05, 4.69) is 15.9 Å². The Morgan fingerprint density at radius 1 is 1.54 bits per heavy atom. The minimum absolute atomic E-state index is 0.0205. The minimum atomic E-state index is -0.0787. The summed E-state index contributed by atoms with van der Waals surface area (Å²) >= 11 is 9.30. The van der Waals surface area contributed by atoms with Crippen molar-refractivity contribution in [1.29, 1.82) is 0 Å². The molecule has 0 aliphatic heterocycles. The highest BCUT2D eigenvalue weighted by atomic mass is 79.9. The fourth-order valence-electron chi connectivity index (χ4n) is 1.13. The number of benzene rings is 1. The van der Waals surface area contributed by atoms with Crippen LogP contribution in [-0.4, -0.2) is 18.3 Å². The highest BCUT2D eigenvalue weighted by molar-refractivity contribution is 9.10. The lowest BCUT2D eigenvalue weighted by Gasteiger charge is -2.13. The van der Waals surface area contributed by atoms with Gasteiger partial charge < -0.3 is 10.8 Å². The molecule has 0 aromatic heterocycles. The van der Waals surface area contributed by atoms with E-state index in [-0.39, 0.29) is 12.5 Å². The molecule has 0 bridgehead atoms. The first-order valence-electron chi connectivity index (χ1n) is 3.95. The lowest BCUT2D eigenvalue weighted by molar-refractivity contribution is 0.268. The number of hydrogen-bond acceptors (Lipinski definition) is 2. The van der Waals surface area contributed by atoms with Crippen LogP contribution in [0.5, 0.6) is 0 Å². The van der Waals surface area contributed by atoms with Gasteiger partial charge in [0.25, 0.3) is 0 Å². The number of nitrogens with two attached hydrogens (primary N) is 1. The Morgan fingerprint density at radius 3 is 2.77 bits per heavy atom. The zero-order chi connectivity index (χ0) is 9.84. The van der Waals surface area contributed by atoms with Gasteiger partial charge in [0.05, 0.1) is 6.61 Å². The second kappa shape index (κ2) is 4.96. The van der Waals surface area contributed by atoms with Crippen LogP contribution in [0.3, 0.4) is 0 Å². The lowest BCUT2D eigenvalue weighted by Crippen LogP contribution is -2.16. The van der Waals surface area contributed by atoms with Crippen LogP contribution in [0.25, 0.3) is 0 Å². The van der Waals surface area contributed by atoms with Gasteiger partial charge in [0.2, 0.25) is 0 Å². The van der Waals surface area contributed by atoms with Crippen LogP contribution in [0.2, 0.25) is 5.02 Å². The summed E-state index contributed by atoms with van der Waals surface area (Å²) in [4.78, 5) is 0. The molecule has 72 valence electrons. The lowest BCUT2D eigenvalue weighted by atomic mass is 10.0. The molecule has 4 heteroatoms. The Hall–Kier alpha value is -0.0900. The largest absolute Gasteiger partial charge is 0.396 e. The second-order valence-electron chi connectivity index (χ2n) is 2.78. The average Bonchev–Trinajstić information content (AvgIpc) is 2.13. The quantitative estimate of drug-likeness (QED) is 0.879. The molecule has 1 aromatic carbocycles. The normalized spacial score (nSPS) is 12.9. The third-order valence-electron chi connectivity index (χ3n) is 1.90. The molecule has 13 heavy (non-hydrogen) atoms. The van der Waals surface area contributed by atoms with E-state index in [9.17, 15) is 0 Å². The van der Waals surface area contributed by atoms with Crippen LogP contribution in [0.15, 0.2) is 22.7 Å². The van der Waals surface area contributed by atoms with Crippen molar-refractivity contribution < 1.29 is 5.11 Å². The number of rotatable bonds is 3. The molecule has 3 N–H and O–H groups in total. The summed E-state index contributed by atoms with van der Waals surface area (Å²) in [6.07, 6.45) is 0. The number of halogens is 2. The van der Waals surface area contributed by atoms with Crippen molar-refractivity contribution in [1.82, 2.24) is 0 Å². The maximum atomic E-state index is 9.04. The SMILES string of the molecule is NCC(CO)c1cc(Br)ccc1Cl. The summed E-state index contributed by atoms with van der Waals surface area (Å²) in [6, 6.07) is 5.53. The zero-order valence-electron chi connectivity index (χ0n) is 7.00. The zero-order valence-corrected chi connectivity index (χ0v) is 9.35. The van der Waals surface area contributed by atoms with E-state index >= 15 is 0 Å². The highest BCUT2D eigenvalue weighted by Crippen LogP contribution is 2.27. The second-order valence-corrected chi connectivity index (χ2v) is 4.10. The van der Waals surface area contributed by atoms with E-state index in [1.54, 1.807) is 6.07 Å². The van der Waals surface area contributed by atoms with E-state index in [1.165, 1.54) is 0 Å². The van der Waals surface area contributed by atoms with Gasteiger partial charge >= 0.3 is 0 Å². The highest BCUT2D eigenvalue weighted by Gasteiger charge is 2.12. The van der Waals surface area contributed by atoms with Crippen molar-refractivity contribution >= 4 is 27.5 Å². The van der Waals surface area contributed by atoms with Crippen LogP contribution < -0.4 is 5.73 Å². The molecule has 0 saturated heterocycles. The van der Waals surface area contributed by atoms with Crippen molar-refractivity contribution in [3.05, 3.63) is 33.3 Å². The number of aliphatic hydroxyl groups excluding tert-OH is 1. The molecule has 0 saturated carbocycles. The molecular formula is C9H11BrClNO. The van der Waals surface area contributed by atoms with Gasteiger partial charge in [0.1, 0.15) is 0 Å². The first-order valence-corrected chi connectivity index (χ1v) is 5.12. The summed E-state index contributed by atoms with van der Waals surface area (Å²) in [5, 5.41) is 9.69. The summed E-state index contributed by atoms with van der Waals surface area (Å²) in [6.45, 7) is 0.416. The summed E-state index contributed by atoms with van der Waals surface area (Å²) < 4.78 is 0.943. The maximum Gasteiger partial charge on any atom is 0.0512 e. The summed E-state index contributed by atoms with van der Waals surface area (Å²) in [5.74, 6) is -0.0787. The molecule has 0 amide bonds. The molecule has 1 atom stereocenters. The van der Waals surface area contributed by atoms with Gasteiger partial charge in [0, 0.05) is 22.0 Å². The topological polar surface area (TPSA) is 46.2 Å². The molecule has 0 fully saturated rings. The molecule has 0 spiro atoms. The Morgan fingerprint density at radius 2 is 2.23 bits per heavy atom. The van der Waals surface area contributed by atoms with Gasteiger partial charge in [-0.15, -0.1) is 0 Å². The van der Waals surface area contributed by atoms with Crippen molar-refractivity contribution in [2.24, 2.45) is 5.73 Å². The molecular weight excluding hydrogens is 253 g/mol. The van der Waals surface area contributed by atoms with E-state index in [1.807, 2.05) is 12.1 Å². The third-order valence-corrected chi connectivity index (χ3v) is 2.74. The fraction of sp³-hybridized carbons (Fsp3) is 0.333. The average molecular weight is 265 g/mol. The van der Waals surface area contributed by atoms with E-state index in [4.69, 9.17) is 22.4 Å². The van der Waals surface area contributed by atoms with Crippen LogP contribution in [-0.2, 0) is 0 Å². The van der Waals surface area contributed by atoms with Gasteiger partial charge in [-0.1, -0.05) is 27.5 Å². The molecule has 0 aliphatic carbocycles. The molecule has 1 unspecified atom stereocenters. The standard InChI is InChI=1S/C9H11BrClNO/c10-7-1-2-9(11)8(3-7)6(4-12)5-13/h1-3,6,13H,4-5,12H2. The Kier molecular flexibility index (Phi) is 4.19. The van der Waals surface area contributed by atoms with Crippen LogP contribution in [0.1, 0.15) is 11.5 Å². The van der Waals surface area contributed by atoms with Crippen molar-refractivity contribution in [2.75, 3.05) is 13.2 Å². The third kappa shape index (κ3) is 2.68. The van der Waals surface area contributed by atoms with Crippen molar-refractivity contribution in [3.8, 4) is 0 Å². The fourth-order valence-corrected chi connectivity index (χ4v) is 1.78. The van der Waals surface area contributed by atoms with Crippen molar-refractivity contribution in [3.63, 3.8) is 0 Å². The van der Waals surface area contributed by atoms with Gasteiger partial charge in [-0.25, -0.2) is 0 Å². The molecule has 0 aliphatic rings. The predicted molar refractivity (Wildman–Crippen MR) is 58.0 cm³/mol. The molecule has 1 rings (SSSR count). The predicted octanol–water partition coefficient (Wildman–Crippen LogP) is 2.14. The first-order chi connectivity index (χ1) is 6.19. The Bertz CT molecular complexity index is 289. The van der Waals surface area contributed by atoms with E-state index in [0.717, 1.165) is 10.0 Å². The van der Waals surface area contributed by atoms with Gasteiger partial charge in [-0.05, 0) is 23.8 Å². The van der Waals surface area contributed by atoms with Gasteiger partial charge in [-0.3, -0.25) is 0 Å². The van der Waals surface area contributed by atoms with Crippen LogP contribution in [0.4, 0.5) is 0 Å². The number of hydrogen-bond donors (Lipinski definition) is 2. The van der Waals surface area contributed by atoms with E-state index < -0.39 is 0 Å². The van der Waals surface area contributed by atoms with E-state index in [0.29, 0.717) is 11.6 Å². The minimum Gasteiger partial charge on any atom is -0.396 e. The smallest absolute Gasteiger partial charge is 0.0512 e. The Labute approximate surface area is 90.8 Å². The number of aliphatic hydroxyl groups is 1. The van der Waals surface area contributed by atoms with Crippen LogP contribution in [0, 0.1) is 0 Å². The van der Waals surface area contributed by atoms with Gasteiger partial charge in [-0.2, -0.15) is 0 Å². The molecule has 0 radical (unpaired) electrons. The molecule has 1 aromatic rings. The molecule has 2 nitrogen and oxygen atoms in total. The first kappa shape index (κ1) is 11.0. The van der Waals surface area contributed by atoms with Crippen LogP contribution >= 0.6 is 27.5 Å². The van der Waals surface area contributed by atoms with Crippen molar-refractivity contribution in [2.45, 2.75) is 5.92 Å². The Balaban J connectivity index is 3.03. The molecule has 0 heterocycles.